The molecule has 1 N–H and O–H groups in total. The molecule has 0 spiro atoms. The van der Waals surface area contributed by atoms with E-state index in [4.69, 9.17) is 16.3 Å². The van der Waals surface area contributed by atoms with Crippen molar-refractivity contribution in [2.45, 2.75) is 39.5 Å². The van der Waals surface area contributed by atoms with E-state index >= 15 is 0 Å². The number of nitrogens with zero attached hydrogens (tertiary/aromatic N) is 3. The number of rotatable bonds is 2. The van der Waals surface area contributed by atoms with Crippen LogP contribution in [0.25, 0.3) is 11.0 Å². The number of halogens is 1. The normalized spacial score (nSPS) is 22.2. The third-order valence-electron chi connectivity index (χ3n) is 3.78. The average molecular weight is 323 g/mol. The number of nitrogens with one attached hydrogen (secondary N) is 1. The van der Waals surface area contributed by atoms with E-state index in [9.17, 15) is 4.79 Å². The Morgan fingerprint density at radius 1 is 1.45 bits per heavy atom. The summed E-state index contributed by atoms with van der Waals surface area (Å²) in [5, 5.41) is 4.52. The van der Waals surface area contributed by atoms with Crippen LogP contribution < -0.4 is 5.32 Å². The van der Waals surface area contributed by atoms with Crippen LogP contribution in [0.1, 0.15) is 33.2 Å². The van der Waals surface area contributed by atoms with Crippen molar-refractivity contribution in [1.29, 1.82) is 0 Å². The van der Waals surface area contributed by atoms with E-state index in [0.29, 0.717) is 18.1 Å². The van der Waals surface area contributed by atoms with E-state index in [0.717, 1.165) is 11.0 Å². The summed E-state index contributed by atoms with van der Waals surface area (Å²) in [5.74, 6) is -0.201. The molecule has 0 aliphatic carbocycles. The van der Waals surface area contributed by atoms with Gasteiger partial charge in [-0.05, 0) is 26.8 Å². The number of carbonyl (C=O) groups excluding carboxylic acids is 1. The third kappa shape index (κ3) is 2.80. The van der Waals surface area contributed by atoms with Gasteiger partial charge in [0.1, 0.15) is 17.1 Å². The Labute approximate surface area is 133 Å². The highest BCUT2D eigenvalue weighted by Gasteiger charge is 2.32. The standard InChI is InChI=1S/C15H19ClN4O2/c1-15(2,3)14(21)22-11-6-9(7-17-11)20-5-4-10-12(16)18-8-19-13(10)20/h4-5,8-9,11,17H,6-7H2,1-3H3/t9-,11?/m1/s1. The molecular weight excluding hydrogens is 304 g/mol. The number of carbonyl (C=O) groups is 1. The second-order valence-electron chi connectivity index (χ2n) is 6.57. The second-order valence-corrected chi connectivity index (χ2v) is 6.92. The molecule has 7 heteroatoms. The lowest BCUT2D eigenvalue weighted by molar-refractivity contribution is -0.159. The van der Waals surface area contributed by atoms with Gasteiger partial charge in [0.25, 0.3) is 0 Å². The third-order valence-corrected chi connectivity index (χ3v) is 4.08. The van der Waals surface area contributed by atoms with Crippen molar-refractivity contribution in [3.8, 4) is 0 Å². The quantitative estimate of drug-likeness (QED) is 0.679. The molecule has 118 valence electrons. The molecule has 0 amide bonds. The molecular formula is C15H19ClN4O2. The Morgan fingerprint density at radius 3 is 2.95 bits per heavy atom. The smallest absolute Gasteiger partial charge is 0.312 e. The largest absolute Gasteiger partial charge is 0.446 e. The molecule has 1 unspecified atom stereocenters. The number of fused-ring (bicyclic) bond motifs is 1. The Balaban J connectivity index is 1.75. The van der Waals surface area contributed by atoms with Crippen LogP contribution in [-0.2, 0) is 9.53 Å². The first-order valence-corrected chi connectivity index (χ1v) is 7.65. The van der Waals surface area contributed by atoms with Crippen LogP contribution in [0.3, 0.4) is 0 Å². The fourth-order valence-electron chi connectivity index (χ4n) is 2.52. The minimum Gasteiger partial charge on any atom is -0.446 e. The Hall–Kier alpha value is -1.66. The first-order chi connectivity index (χ1) is 10.4. The molecule has 1 fully saturated rings. The predicted molar refractivity (Wildman–Crippen MR) is 83.5 cm³/mol. The van der Waals surface area contributed by atoms with Crippen LogP contribution in [-0.4, -0.2) is 33.3 Å². The molecule has 1 aliphatic rings. The summed E-state index contributed by atoms with van der Waals surface area (Å²) in [7, 11) is 0. The molecule has 22 heavy (non-hydrogen) atoms. The molecule has 1 aliphatic heterocycles. The summed E-state index contributed by atoms with van der Waals surface area (Å²) in [4.78, 5) is 20.3. The molecule has 6 nitrogen and oxygen atoms in total. The first-order valence-electron chi connectivity index (χ1n) is 7.28. The van der Waals surface area contributed by atoms with Crippen LogP contribution in [0.2, 0.25) is 5.15 Å². The number of ether oxygens (including phenoxy) is 1. The van der Waals surface area contributed by atoms with Gasteiger partial charge >= 0.3 is 5.97 Å². The SMILES string of the molecule is CC(C)(C)C(=O)OC1C[C@@H](n2ccc3c(Cl)ncnc32)CN1. The fraction of sp³-hybridized carbons (Fsp3) is 0.533. The van der Waals surface area contributed by atoms with Gasteiger partial charge in [-0.15, -0.1) is 0 Å². The summed E-state index contributed by atoms with van der Waals surface area (Å²) in [5.41, 5.74) is 0.301. The lowest BCUT2D eigenvalue weighted by atomic mass is 9.97. The monoisotopic (exact) mass is 322 g/mol. The van der Waals surface area contributed by atoms with Gasteiger partial charge in [-0.1, -0.05) is 11.6 Å². The fourth-order valence-corrected chi connectivity index (χ4v) is 2.71. The highest BCUT2D eigenvalue weighted by Crippen LogP contribution is 2.28. The van der Waals surface area contributed by atoms with Gasteiger partial charge < -0.3 is 9.30 Å². The van der Waals surface area contributed by atoms with Crippen molar-refractivity contribution in [3.63, 3.8) is 0 Å². The van der Waals surface area contributed by atoms with Gasteiger partial charge in [-0.2, -0.15) is 0 Å². The van der Waals surface area contributed by atoms with Crippen molar-refractivity contribution in [3.05, 3.63) is 23.7 Å². The zero-order valence-corrected chi connectivity index (χ0v) is 13.6. The van der Waals surface area contributed by atoms with Gasteiger partial charge in [0, 0.05) is 19.2 Å². The van der Waals surface area contributed by atoms with Gasteiger partial charge in [0.05, 0.1) is 16.8 Å². The van der Waals surface area contributed by atoms with Gasteiger partial charge in [0.15, 0.2) is 6.23 Å². The van der Waals surface area contributed by atoms with E-state index in [1.165, 1.54) is 6.33 Å². The first kappa shape index (κ1) is 15.2. The molecule has 0 radical (unpaired) electrons. The minimum atomic E-state index is -0.499. The average Bonchev–Trinajstić information content (AvgIpc) is 3.04. The zero-order chi connectivity index (χ0) is 15.9. The van der Waals surface area contributed by atoms with Crippen molar-refractivity contribution < 1.29 is 9.53 Å². The van der Waals surface area contributed by atoms with E-state index < -0.39 is 5.41 Å². The van der Waals surface area contributed by atoms with Crippen LogP contribution in [0.15, 0.2) is 18.6 Å². The summed E-state index contributed by atoms with van der Waals surface area (Å²) in [6, 6.07) is 2.08. The summed E-state index contributed by atoms with van der Waals surface area (Å²) >= 11 is 6.08. The lowest BCUT2D eigenvalue weighted by Gasteiger charge is -2.20. The number of aromatic nitrogens is 3. The highest BCUT2D eigenvalue weighted by atomic mass is 35.5. The number of hydrogen-bond donors (Lipinski definition) is 1. The lowest BCUT2D eigenvalue weighted by Crippen LogP contribution is -2.33. The van der Waals surface area contributed by atoms with Crippen molar-refractivity contribution >= 4 is 28.6 Å². The van der Waals surface area contributed by atoms with Gasteiger partial charge in [0.2, 0.25) is 0 Å². The van der Waals surface area contributed by atoms with E-state index in [-0.39, 0.29) is 18.2 Å². The van der Waals surface area contributed by atoms with Crippen LogP contribution in [0.5, 0.6) is 0 Å². The van der Waals surface area contributed by atoms with Crippen LogP contribution in [0, 0.1) is 5.41 Å². The zero-order valence-electron chi connectivity index (χ0n) is 12.8. The van der Waals surface area contributed by atoms with E-state index in [2.05, 4.69) is 19.9 Å². The minimum absolute atomic E-state index is 0.168. The van der Waals surface area contributed by atoms with Gasteiger partial charge in [-0.3, -0.25) is 10.1 Å². The predicted octanol–water partition coefficient (Wildman–Crippen LogP) is 2.53. The number of esters is 1. The Morgan fingerprint density at radius 2 is 2.23 bits per heavy atom. The molecule has 2 aromatic heterocycles. The maximum Gasteiger partial charge on any atom is 0.312 e. The Bertz CT molecular complexity index is 707. The number of hydrogen-bond acceptors (Lipinski definition) is 5. The van der Waals surface area contributed by atoms with Crippen molar-refractivity contribution in [2.75, 3.05) is 6.54 Å². The second kappa shape index (κ2) is 5.52. The molecule has 3 heterocycles. The molecule has 3 rings (SSSR count). The summed E-state index contributed by atoms with van der Waals surface area (Å²) in [6.07, 6.45) is 3.84. The summed E-state index contributed by atoms with van der Waals surface area (Å²) in [6.45, 7) is 6.26. The molecule has 0 saturated carbocycles. The van der Waals surface area contributed by atoms with E-state index in [1.54, 1.807) is 0 Å². The Kier molecular flexibility index (Phi) is 3.82. The molecule has 2 atom stereocenters. The van der Waals surface area contributed by atoms with Crippen molar-refractivity contribution in [1.82, 2.24) is 19.9 Å². The molecule has 1 saturated heterocycles. The van der Waals surface area contributed by atoms with Crippen molar-refractivity contribution in [2.24, 2.45) is 5.41 Å². The summed E-state index contributed by atoms with van der Waals surface area (Å²) < 4.78 is 7.57. The van der Waals surface area contributed by atoms with Crippen LogP contribution in [0.4, 0.5) is 0 Å². The highest BCUT2D eigenvalue weighted by molar-refractivity contribution is 6.33. The maximum atomic E-state index is 12.0. The molecule has 0 aromatic carbocycles. The topological polar surface area (TPSA) is 69.0 Å². The maximum absolute atomic E-state index is 12.0. The molecule has 2 aromatic rings. The van der Waals surface area contributed by atoms with Gasteiger partial charge in [-0.25, -0.2) is 9.97 Å². The van der Waals surface area contributed by atoms with E-state index in [1.807, 2.05) is 33.0 Å². The van der Waals surface area contributed by atoms with Crippen LogP contribution >= 0.6 is 11.6 Å². The molecule has 0 bridgehead atoms.